The summed E-state index contributed by atoms with van der Waals surface area (Å²) in [5, 5.41) is 2.77. The van der Waals surface area contributed by atoms with Crippen LogP contribution in [0.5, 0.6) is 5.75 Å². The first-order valence-electron chi connectivity index (χ1n) is 9.39. The lowest BCUT2D eigenvalue weighted by Gasteiger charge is -2.13. The Bertz CT molecular complexity index is 1050. The number of imidazole rings is 1. The smallest absolute Gasteiger partial charge is 0.270 e. The van der Waals surface area contributed by atoms with Crippen molar-refractivity contribution < 1.29 is 23.0 Å². The molecule has 0 bridgehead atoms. The first kappa shape index (κ1) is 21.7. The molecule has 0 radical (unpaired) electrons. The number of methoxy groups -OCH3 is 1. The number of halogens is 2. The number of benzene rings is 1. The van der Waals surface area contributed by atoms with Gasteiger partial charge in [-0.1, -0.05) is 6.07 Å². The predicted molar refractivity (Wildman–Crippen MR) is 108 cm³/mol. The van der Waals surface area contributed by atoms with Gasteiger partial charge in [0.15, 0.2) is 11.4 Å². The van der Waals surface area contributed by atoms with E-state index in [0.717, 1.165) is 5.56 Å². The highest BCUT2D eigenvalue weighted by atomic mass is 19.1. The van der Waals surface area contributed by atoms with Crippen LogP contribution in [0.4, 0.5) is 8.78 Å². The Morgan fingerprint density at radius 2 is 2.00 bits per heavy atom. The number of nitrogens with two attached hydrogens (primary N) is 1. The van der Waals surface area contributed by atoms with E-state index in [1.807, 2.05) is 6.92 Å². The lowest BCUT2D eigenvalue weighted by molar-refractivity contribution is 0.0937. The van der Waals surface area contributed by atoms with Crippen LogP contribution >= 0.6 is 0 Å². The number of carbonyl (C=O) groups excluding carboxylic acids is 1. The van der Waals surface area contributed by atoms with Crippen molar-refractivity contribution in [2.24, 2.45) is 5.73 Å². The molecule has 0 saturated carbocycles. The number of carbonyl (C=O) groups is 1. The molecule has 160 valence electrons. The molecule has 7 nitrogen and oxygen atoms in total. The van der Waals surface area contributed by atoms with Crippen LogP contribution in [-0.4, -0.2) is 41.6 Å². The summed E-state index contributed by atoms with van der Waals surface area (Å²) in [5.74, 6) is -1.41. The van der Waals surface area contributed by atoms with Crippen molar-refractivity contribution in [3.63, 3.8) is 0 Å². The number of amides is 1. The maximum Gasteiger partial charge on any atom is 0.270 e. The molecule has 9 heteroatoms. The number of aryl methyl sites for hydroxylation is 2. The third-order valence-electron chi connectivity index (χ3n) is 4.55. The van der Waals surface area contributed by atoms with Crippen molar-refractivity contribution in [3.8, 4) is 5.75 Å². The van der Waals surface area contributed by atoms with Crippen LogP contribution in [0.3, 0.4) is 0 Å². The van der Waals surface area contributed by atoms with Gasteiger partial charge in [-0.15, -0.1) is 0 Å². The van der Waals surface area contributed by atoms with Crippen molar-refractivity contribution in [2.75, 3.05) is 20.3 Å². The van der Waals surface area contributed by atoms with E-state index in [1.165, 1.54) is 25.3 Å². The third-order valence-corrected chi connectivity index (χ3v) is 4.55. The van der Waals surface area contributed by atoms with Crippen molar-refractivity contribution in [2.45, 2.75) is 26.5 Å². The fraction of sp³-hybridized carbons (Fsp3) is 0.333. The van der Waals surface area contributed by atoms with Gasteiger partial charge in [-0.05, 0) is 37.6 Å². The SMILES string of the molecule is COCC(N)CNC(=O)c1c(C)nc2c(OCc3c(F)cccc3F)cc(C)cn12. The van der Waals surface area contributed by atoms with Gasteiger partial charge in [-0.3, -0.25) is 9.20 Å². The van der Waals surface area contributed by atoms with Crippen LogP contribution in [0.15, 0.2) is 30.5 Å². The fourth-order valence-corrected chi connectivity index (χ4v) is 3.14. The average molecular weight is 418 g/mol. The second kappa shape index (κ2) is 9.19. The molecule has 0 spiro atoms. The van der Waals surface area contributed by atoms with Crippen LogP contribution in [0.25, 0.3) is 5.65 Å². The van der Waals surface area contributed by atoms with Crippen molar-refractivity contribution in [1.29, 1.82) is 0 Å². The van der Waals surface area contributed by atoms with E-state index in [4.69, 9.17) is 15.2 Å². The minimum absolute atomic E-state index is 0.175. The summed E-state index contributed by atoms with van der Waals surface area (Å²) in [7, 11) is 1.54. The molecule has 30 heavy (non-hydrogen) atoms. The molecule has 1 aromatic carbocycles. The number of hydrogen-bond acceptors (Lipinski definition) is 5. The molecule has 2 aromatic heterocycles. The number of nitrogens with zero attached hydrogens (tertiary/aromatic N) is 2. The summed E-state index contributed by atoms with van der Waals surface area (Å²) < 4.78 is 40.1. The molecule has 0 fully saturated rings. The number of nitrogens with one attached hydrogen (secondary N) is 1. The Labute approximate surface area is 172 Å². The van der Waals surface area contributed by atoms with Gasteiger partial charge in [-0.2, -0.15) is 0 Å². The Morgan fingerprint density at radius 3 is 2.67 bits per heavy atom. The fourth-order valence-electron chi connectivity index (χ4n) is 3.14. The molecule has 1 unspecified atom stereocenters. The van der Waals surface area contributed by atoms with Crippen LogP contribution < -0.4 is 15.8 Å². The number of ether oxygens (including phenoxy) is 2. The zero-order valence-corrected chi connectivity index (χ0v) is 17.0. The molecule has 1 amide bonds. The van der Waals surface area contributed by atoms with E-state index in [1.54, 1.807) is 23.6 Å². The predicted octanol–water partition coefficient (Wildman–Crippen LogP) is 2.51. The van der Waals surface area contributed by atoms with E-state index in [-0.39, 0.29) is 30.7 Å². The van der Waals surface area contributed by atoms with Gasteiger partial charge in [0.2, 0.25) is 0 Å². The van der Waals surface area contributed by atoms with Crippen molar-refractivity contribution >= 4 is 11.6 Å². The summed E-state index contributed by atoms with van der Waals surface area (Å²) in [6, 6.07) is 5.00. The molecule has 3 N–H and O–H groups in total. The van der Waals surface area contributed by atoms with Crippen molar-refractivity contribution in [1.82, 2.24) is 14.7 Å². The van der Waals surface area contributed by atoms with Gasteiger partial charge in [0.25, 0.3) is 5.91 Å². The number of fused-ring (bicyclic) bond motifs is 1. The maximum absolute atomic E-state index is 13.9. The highest BCUT2D eigenvalue weighted by Crippen LogP contribution is 2.26. The molecule has 0 aliphatic rings. The molecular formula is C21H24F2N4O3. The normalized spacial score (nSPS) is 12.2. The summed E-state index contributed by atoms with van der Waals surface area (Å²) in [6.07, 6.45) is 1.75. The lowest BCUT2D eigenvalue weighted by Crippen LogP contribution is -2.40. The minimum atomic E-state index is -0.689. The second-order valence-corrected chi connectivity index (χ2v) is 7.04. The summed E-state index contributed by atoms with van der Waals surface area (Å²) in [6.45, 7) is 3.77. The Hall–Kier alpha value is -3.04. The molecule has 3 rings (SSSR count). The zero-order valence-electron chi connectivity index (χ0n) is 17.0. The number of pyridine rings is 1. The monoisotopic (exact) mass is 418 g/mol. The zero-order chi connectivity index (χ0) is 21.8. The van der Waals surface area contributed by atoms with Crippen LogP contribution in [0.1, 0.15) is 27.3 Å². The van der Waals surface area contributed by atoms with Gasteiger partial charge >= 0.3 is 0 Å². The van der Waals surface area contributed by atoms with Gasteiger partial charge in [0.05, 0.1) is 17.9 Å². The summed E-state index contributed by atoms with van der Waals surface area (Å²) >= 11 is 0. The van der Waals surface area contributed by atoms with E-state index in [0.29, 0.717) is 29.4 Å². The number of rotatable bonds is 8. The maximum atomic E-state index is 13.9. The van der Waals surface area contributed by atoms with Gasteiger partial charge in [0.1, 0.15) is 23.9 Å². The highest BCUT2D eigenvalue weighted by Gasteiger charge is 2.20. The average Bonchev–Trinajstić information content (AvgIpc) is 3.01. The van der Waals surface area contributed by atoms with Gasteiger partial charge < -0.3 is 20.5 Å². The van der Waals surface area contributed by atoms with E-state index >= 15 is 0 Å². The van der Waals surface area contributed by atoms with Crippen LogP contribution in [-0.2, 0) is 11.3 Å². The van der Waals surface area contributed by atoms with Gasteiger partial charge in [-0.25, -0.2) is 13.8 Å². The first-order valence-corrected chi connectivity index (χ1v) is 9.39. The first-order chi connectivity index (χ1) is 14.3. The molecule has 3 aromatic rings. The van der Waals surface area contributed by atoms with Crippen molar-refractivity contribution in [3.05, 3.63) is 64.6 Å². The standard InChI is InChI=1S/C21H24F2N4O3/c1-12-7-18(30-11-15-16(22)5-4-6-17(15)23)20-26-13(2)19(27(20)9-12)21(28)25-8-14(24)10-29-3/h4-7,9,14H,8,10-11,24H2,1-3H3,(H,25,28). The largest absolute Gasteiger partial charge is 0.485 e. The Kier molecular flexibility index (Phi) is 6.63. The molecule has 0 saturated heterocycles. The molecule has 0 aliphatic heterocycles. The Balaban J connectivity index is 1.89. The van der Waals surface area contributed by atoms with Crippen LogP contribution in [0, 0.1) is 25.5 Å². The number of hydrogen-bond donors (Lipinski definition) is 2. The van der Waals surface area contributed by atoms with E-state index in [2.05, 4.69) is 10.3 Å². The summed E-state index contributed by atoms with van der Waals surface area (Å²) in [5.41, 5.74) is 7.67. The topological polar surface area (TPSA) is 90.9 Å². The highest BCUT2D eigenvalue weighted by molar-refractivity contribution is 5.95. The number of aromatic nitrogens is 2. The minimum Gasteiger partial charge on any atom is -0.485 e. The third kappa shape index (κ3) is 4.58. The summed E-state index contributed by atoms with van der Waals surface area (Å²) in [4.78, 5) is 17.2. The van der Waals surface area contributed by atoms with E-state index in [9.17, 15) is 13.6 Å². The quantitative estimate of drug-likeness (QED) is 0.587. The Morgan fingerprint density at radius 1 is 1.30 bits per heavy atom. The lowest BCUT2D eigenvalue weighted by atomic mass is 10.2. The van der Waals surface area contributed by atoms with Crippen LogP contribution in [0.2, 0.25) is 0 Å². The molecule has 2 heterocycles. The molecule has 0 aliphatic carbocycles. The van der Waals surface area contributed by atoms with E-state index < -0.39 is 11.6 Å². The van der Waals surface area contributed by atoms with Gasteiger partial charge in [0, 0.05) is 25.9 Å². The molecular weight excluding hydrogens is 394 g/mol. The second-order valence-electron chi connectivity index (χ2n) is 7.04. The molecule has 1 atom stereocenters.